The first-order valence-corrected chi connectivity index (χ1v) is 8.25. The molecule has 2 aromatic carbocycles. The fraction of sp³-hybridized carbons (Fsp3) is 0.0500. The van der Waals surface area contributed by atoms with Crippen LogP contribution in [0.5, 0.6) is 5.75 Å². The van der Waals surface area contributed by atoms with Gasteiger partial charge in [-0.15, -0.1) is 10.2 Å². The van der Waals surface area contributed by atoms with E-state index in [2.05, 4.69) is 20.7 Å². The summed E-state index contributed by atoms with van der Waals surface area (Å²) in [5.41, 5.74) is 4.07. The summed E-state index contributed by atoms with van der Waals surface area (Å²) < 4.78 is 5.13. The first kappa shape index (κ1) is 18.7. The number of aromatic nitrogens is 1. The second kappa shape index (κ2) is 9.04. The molecule has 140 valence electrons. The Bertz CT molecular complexity index is 989. The number of nitrogens with zero attached hydrogens (tertiary/aromatic N) is 3. The lowest BCUT2D eigenvalue weighted by Crippen LogP contribution is -2.11. The number of rotatable bonds is 6. The van der Waals surface area contributed by atoms with Gasteiger partial charge in [0.15, 0.2) is 0 Å². The van der Waals surface area contributed by atoms with Crippen LogP contribution in [0.3, 0.4) is 0 Å². The maximum absolute atomic E-state index is 12.1. The van der Waals surface area contributed by atoms with Crippen LogP contribution in [0.15, 0.2) is 83.2 Å². The predicted molar refractivity (Wildman–Crippen MR) is 102 cm³/mol. The number of methoxy groups -OCH3 is 1. The molecule has 1 aromatic heterocycles. The van der Waals surface area contributed by atoms with Gasteiger partial charge < -0.3 is 9.57 Å². The topological polar surface area (TPSA) is 102 Å². The van der Waals surface area contributed by atoms with Crippen LogP contribution in [-0.4, -0.2) is 24.0 Å². The Kier molecular flexibility index (Phi) is 6.04. The summed E-state index contributed by atoms with van der Waals surface area (Å²) in [6.45, 7) is 0. The molecule has 1 heterocycles. The van der Waals surface area contributed by atoms with Crippen molar-refractivity contribution in [2.45, 2.75) is 0 Å². The largest absolute Gasteiger partial charge is 0.496 e. The van der Waals surface area contributed by atoms with E-state index in [-0.39, 0.29) is 5.69 Å². The van der Waals surface area contributed by atoms with Gasteiger partial charge in [0.25, 0.3) is 0 Å². The second-order valence-corrected chi connectivity index (χ2v) is 5.46. The molecule has 8 nitrogen and oxygen atoms in total. The summed E-state index contributed by atoms with van der Waals surface area (Å²) in [4.78, 5) is 33.0. The minimum atomic E-state index is -0.581. The molecule has 0 radical (unpaired) electrons. The number of anilines is 1. The maximum atomic E-state index is 12.1. The van der Waals surface area contributed by atoms with Gasteiger partial charge in [0, 0.05) is 6.20 Å². The van der Waals surface area contributed by atoms with E-state index in [0.717, 1.165) is 0 Å². The number of benzene rings is 2. The average molecular weight is 376 g/mol. The average Bonchev–Trinajstić information content (AvgIpc) is 2.77. The van der Waals surface area contributed by atoms with E-state index in [9.17, 15) is 9.59 Å². The number of hydrogen-bond acceptors (Lipinski definition) is 7. The number of azo groups is 1. The quantitative estimate of drug-likeness (QED) is 0.511. The van der Waals surface area contributed by atoms with Gasteiger partial charge >= 0.3 is 11.9 Å². The van der Waals surface area contributed by atoms with Gasteiger partial charge in [-0.25, -0.2) is 10.3 Å². The molecule has 0 aliphatic heterocycles. The molecule has 3 aromatic rings. The van der Waals surface area contributed by atoms with Crippen LogP contribution in [0.4, 0.5) is 11.4 Å². The van der Waals surface area contributed by atoms with E-state index in [1.165, 1.54) is 13.3 Å². The van der Waals surface area contributed by atoms with E-state index >= 15 is 0 Å². The minimum absolute atomic E-state index is 0.216. The molecular weight excluding hydrogens is 360 g/mol. The molecule has 1 amide bonds. The Labute approximate surface area is 160 Å². The van der Waals surface area contributed by atoms with Crippen LogP contribution in [0.1, 0.15) is 20.8 Å². The number of carbonyl (C=O) groups is 2. The highest BCUT2D eigenvalue weighted by atomic mass is 16.7. The zero-order valence-electron chi connectivity index (χ0n) is 14.9. The van der Waals surface area contributed by atoms with E-state index < -0.39 is 11.9 Å². The third-order valence-electron chi connectivity index (χ3n) is 3.60. The number of nitrogens with one attached hydrogen (secondary N) is 1. The van der Waals surface area contributed by atoms with E-state index in [1.807, 2.05) is 0 Å². The monoisotopic (exact) mass is 376 g/mol. The van der Waals surface area contributed by atoms with Gasteiger partial charge in [-0.05, 0) is 48.5 Å². The molecular formula is C20H16N4O4. The number of pyridine rings is 1. The van der Waals surface area contributed by atoms with Crippen LogP contribution in [0.25, 0.3) is 0 Å². The summed E-state index contributed by atoms with van der Waals surface area (Å²) in [6, 6.07) is 18.2. The Morgan fingerprint density at radius 2 is 1.71 bits per heavy atom. The van der Waals surface area contributed by atoms with E-state index in [4.69, 9.17) is 9.57 Å². The third-order valence-corrected chi connectivity index (χ3v) is 3.60. The number of ether oxygens (including phenoxy) is 1. The minimum Gasteiger partial charge on any atom is -0.496 e. The highest BCUT2D eigenvalue weighted by Crippen LogP contribution is 2.20. The van der Waals surface area contributed by atoms with Crippen molar-refractivity contribution >= 4 is 23.3 Å². The molecule has 0 bridgehead atoms. The summed E-state index contributed by atoms with van der Waals surface area (Å²) in [7, 11) is 1.48. The standard InChI is InChI=1S/C20H16N4O4/c1-27-18-8-3-2-6-16(18)20(26)28-24-15-11-9-14(10-12-15)22-23-19(25)17-7-4-5-13-21-17/h2-13,24H,1H3. The SMILES string of the molecule is COc1ccccc1C(=O)ONc1ccc(N=NC(=O)c2ccccn2)cc1. The Balaban J connectivity index is 1.58. The molecule has 0 aliphatic rings. The number of carbonyl (C=O) groups excluding carboxylic acids is 2. The lowest BCUT2D eigenvalue weighted by atomic mass is 10.2. The molecule has 0 saturated heterocycles. The number of amides is 1. The number of para-hydroxylation sites is 1. The zero-order chi connectivity index (χ0) is 19.8. The maximum Gasteiger partial charge on any atom is 0.366 e. The van der Waals surface area contributed by atoms with Crippen LogP contribution < -0.4 is 10.2 Å². The smallest absolute Gasteiger partial charge is 0.366 e. The van der Waals surface area contributed by atoms with Crippen molar-refractivity contribution in [2.24, 2.45) is 10.2 Å². The van der Waals surface area contributed by atoms with Crippen molar-refractivity contribution in [1.29, 1.82) is 0 Å². The first-order chi connectivity index (χ1) is 13.7. The fourth-order valence-electron chi connectivity index (χ4n) is 2.21. The molecule has 28 heavy (non-hydrogen) atoms. The molecule has 0 spiro atoms. The highest BCUT2D eigenvalue weighted by molar-refractivity contribution is 5.93. The predicted octanol–water partition coefficient (Wildman–Crippen LogP) is 4.20. The normalized spacial score (nSPS) is 10.5. The van der Waals surface area contributed by atoms with Crippen LogP contribution in [0.2, 0.25) is 0 Å². The molecule has 0 saturated carbocycles. The summed E-state index contributed by atoms with van der Waals surface area (Å²) in [6.07, 6.45) is 1.51. The van der Waals surface area contributed by atoms with Crippen molar-refractivity contribution in [2.75, 3.05) is 12.6 Å². The zero-order valence-corrected chi connectivity index (χ0v) is 14.9. The van der Waals surface area contributed by atoms with Crippen LogP contribution in [0, 0.1) is 0 Å². The number of hydrogen-bond donors (Lipinski definition) is 1. The fourth-order valence-corrected chi connectivity index (χ4v) is 2.21. The first-order valence-electron chi connectivity index (χ1n) is 8.25. The Hall–Kier alpha value is -4.07. The van der Waals surface area contributed by atoms with Gasteiger partial charge in [0.05, 0.1) is 18.5 Å². The van der Waals surface area contributed by atoms with Gasteiger partial charge in [-0.3, -0.25) is 9.78 Å². The molecule has 1 N–H and O–H groups in total. The molecule has 3 rings (SSSR count). The lowest BCUT2D eigenvalue weighted by molar-refractivity contribution is 0.0592. The molecule has 0 aliphatic carbocycles. The summed E-state index contributed by atoms with van der Waals surface area (Å²) >= 11 is 0. The van der Waals surface area contributed by atoms with Crippen molar-refractivity contribution in [3.63, 3.8) is 0 Å². The lowest BCUT2D eigenvalue weighted by Gasteiger charge is -2.09. The van der Waals surface area contributed by atoms with E-state index in [1.54, 1.807) is 66.7 Å². The van der Waals surface area contributed by atoms with Gasteiger partial charge in [0.2, 0.25) is 0 Å². The van der Waals surface area contributed by atoms with Gasteiger partial charge in [-0.1, -0.05) is 18.2 Å². The molecule has 8 heteroatoms. The second-order valence-electron chi connectivity index (χ2n) is 5.46. The molecule has 0 unspecified atom stereocenters. The van der Waals surface area contributed by atoms with Gasteiger partial charge in [0.1, 0.15) is 17.0 Å². The summed E-state index contributed by atoms with van der Waals surface area (Å²) in [5, 5.41) is 7.50. The van der Waals surface area contributed by atoms with Crippen molar-refractivity contribution in [3.8, 4) is 5.75 Å². The van der Waals surface area contributed by atoms with Crippen molar-refractivity contribution < 1.29 is 19.2 Å². The van der Waals surface area contributed by atoms with Gasteiger partial charge in [-0.2, -0.15) is 0 Å². The molecule has 0 atom stereocenters. The summed E-state index contributed by atoms with van der Waals surface area (Å²) in [5.74, 6) is -0.696. The third kappa shape index (κ3) is 4.76. The van der Waals surface area contributed by atoms with Crippen molar-refractivity contribution in [1.82, 2.24) is 4.98 Å². The van der Waals surface area contributed by atoms with Crippen LogP contribution in [-0.2, 0) is 4.84 Å². The van der Waals surface area contributed by atoms with E-state index in [0.29, 0.717) is 22.7 Å². The highest BCUT2D eigenvalue weighted by Gasteiger charge is 2.13. The van der Waals surface area contributed by atoms with Crippen molar-refractivity contribution in [3.05, 3.63) is 84.2 Å². The Morgan fingerprint density at radius 3 is 2.43 bits per heavy atom. The molecule has 0 fully saturated rings. The Morgan fingerprint density at radius 1 is 0.964 bits per heavy atom. The van der Waals surface area contributed by atoms with Crippen LogP contribution >= 0.6 is 0 Å².